The SMILES string of the molecule is CC1c2ccccc2CCN1S(=O)(=O)c1ccc(C(C)(C)C)cc1. The first-order valence-electron chi connectivity index (χ1n) is 8.41. The highest BCUT2D eigenvalue weighted by Gasteiger charge is 2.33. The van der Waals surface area contributed by atoms with E-state index in [-0.39, 0.29) is 11.5 Å². The number of fused-ring (bicyclic) bond motifs is 1. The third-order valence-electron chi connectivity index (χ3n) is 4.87. The van der Waals surface area contributed by atoms with E-state index in [1.165, 1.54) is 5.56 Å². The summed E-state index contributed by atoms with van der Waals surface area (Å²) in [4.78, 5) is 0.377. The van der Waals surface area contributed by atoms with Gasteiger partial charge in [0.05, 0.1) is 4.90 Å². The fraction of sp³-hybridized carbons (Fsp3) is 0.400. The van der Waals surface area contributed by atoms with Crippen molar-refractivity contribution in [3.05, 3.63) is 65.2 Å². The molecule has 2 aromatic rings. The molecular weight excluding hydrogens is 318 g/mol. The Kier molecular flexibility index (Phi) is 4.30. The molecule has 128 valence electrons. The van der Waals surface area contributed by atoms with Gasteiger partial charge in [-0.15, -0.1) is 0 Å². The summed E-state index contributed by atoms with van der Waals surface area (Å²) < 4.78 is 27.8. The average Bonchev–Trinajstić information content (AvgIpc) is 2.54. The van der Waals surface area contributed by atoms with E-state index in [4.69, 9.17) is 0 Å². The van der Waals surface area contributed by atoms with Crippen molar-refractivity contribution in [2.45, 2.75) is 50.5 Å². The van der Waals surface area contributed by atoms with E-state index < -0.39 is 10.0 Å². The maximum absolute atomic E-state index is 13.1. The second-order valence-electron chi connectivity index (χ2n) is 7.51. The molecule has 24 heavy (non-hydrogen) atoms. The summed E-state index contributed by atoms with van der Waals surface area (Å²) in [5.74, 6) is 0. The molecule has 0 bridgehead atoms. The van der Waals surface area contributed by atoms with Crippen molar-refractivity contribution in [1.29, 1.82) is 0 Å². The van der Waals surface area contributed by atoms with Gasteiger partial charge in [0.25, 0.3) is 0 Å². The fourth-order valence-corrected chi connectivity index (χ4v) is 4.95. The molecule has 1 heterocycles. The Morgan fingerprint density at radius 2 is 1.62 bits per heavy atom. The first-order chi connectivity index (χ1) is 11.2. The first-order valence-corrected chi connectivity index (χ1v) is 9.85. The van der Waals surface area contributed by atoms with E-state index in [0.717, 1.165) is 17.5 Å². The maximum Gasteiger partial charge on any atom is 0.243 e. The minimum Gasteiger partial charge on any atom is -0.207 e. The first kappa shape index (κ1) is 17.2. The van der Waals surface area contributed by atoms with Gasteiger partial charge in [-0.2, -0.15) is 4.31 Å². The maximum atomic E-state index is 13.1. The van der Waals surface area contributed by atoms with Crippen LogP contribution in [0.4, 0.5) is 0 Å². The molecule has 0 saturated heterocycles. The smallest absolute Gasteiger partial charge is 0.207 e. The monoisotopic (exact) mass is 343 g/mol. The van der Waals surface area contributed by atoms with Gasteiger partial charge < -0.3 is 0 Å². The molecule has 0 fully saturated rings. The van der Waals surface area contributed by atoms with E-state index in [2.05, 4.69) is 26.8 Å². The summed E-state index contributed by atoms with van der Waals surface area (Å²) in [5, 5.41) is 0. The Balaban J connectivity index is 1.94. The molecule has 1 atom stereocenters. The Bertz CT molecular complexity index is 833. The predicted molar refractivity (Wildman–Crippen MR) is 97.6 cm³/mol. The van der Waals surface area contributed by atoms with Crippen LogP contribution in [0.5, 0.6) is 0 Å². The van der Waals surface area contributed by atoms with Crippen LogP contribution in [0.15, 0.2) is 53.4 Å². The lowest BCUT2D eigenvalue weighted by Gasteiger charge is -2.34. The Hall–Kier alpha value is -1.65. The molecule has 0 spiro atoms. The minimum absolute atomic E-state index is 0.0135. The topological polar surface area (TPSA) is 37.4 Å². The largest absolute Gasteiger partial charge is 0.243 e. The molecule has 1 aliphatic heterocycles. The lowest BCUT2D eigenvalue weighted by atomic mass is 9.87. The fourth-order valence-electron chi connectivity index (χ4n) is 3.34. The van der Waals surface area contributed by atoms with Crippen molar-refractivity contribution in [3.63, 3.8) is 0 Å². The van der Waals surface area contributed by atoms with Gasteiger partial charge in [0.15, 0.2) is 0 Å². The summed E-state index contributed by atoms with van der Waals surface area (Å²) in [6, 6.07) is 15.3. The van der Waals surface area contributed by atoms with E-state index in [0.29, 0.717) is 11.4 Å². The number of hydrogen-bond donors (Lipinski definition) is 0. The number of hydrogen-bond acceptors (Lipinski definition) is 2. The lowest BCUT2D eigenvalue weighted by Crippen LogP contribution is -2.38. The van der Waals surface area contributed by atoms with Gasteiger partial charge >= 0.3 is 0 Å². The molecule has 0 saturated carbocycles. The van der Waals surface area contributed by atoms with Crippen LogP contribution in [0, 0.1) is 0 Å². The zero-order valence-electron chi connectivity index (χ0n) is 14.8. The second-order valence-corrected chi connectivity index (χ2v) is 9.41. The van der Waals surface area contributed by atoms with Crippen LogP contribution in [0.25, 0.3) is 0 Å². The van der Waals surface area contributed by atoms with E-state index in [9.17, 15) is 8.42 Å². The lowest BCUT2D eigenvalue weighted by molar-refractivity contribution is 0.326. The number of rotatable bonds is 2. The van der Waals surface area contributed by atoms with Crippen molar-refractivity contribution in [2.24, 2.45) is 0 Å². The van der Waals surface area contributed by atoms with Crippen LogP contribution in [-0.2, 0) is 21.9 Å². The van der Waals surface area contributed by atoms with Crippen molar-refractivity contribution in [2.75, 3.05) is 6.54 Å². The van der Waals surface area contributed by atoms with Crippen LogP contribution < -0.4 is 0 Å². The molecule has 3 nitrogen and oxygen atoms in total. The molecule has 0 amide bonds. The predicted octanol–water partition coefficient (Wildman–Crippen LogP) is 4.29. The molecule has 2 aromatic carbocycles. The minimum atomic E-state index is -3.48. The third kappa shape index (κ3) is 3.01. The Morgan fingerprint density at radius 1 is 1.00 bits per heavy atom. The van der Waals surface area contributed by atoms with E-state index in [1.54, 1.807) is 16.4 Å². The molecule has 4 heteroatoms. The highest BCUT2D eigenvalue weighted by Crippen LogP contribution is 2.34. The van der Waals surface area contributed by atoms with E-state index >= 15 is 0 Å². The van der Waals surface area contributed by atoms with Gasteiger partial charge in [0.2, 0.25) is 10.0 Å². The summed E-state index contributed by atoms with van der Waals surface area (Å²) in [6.07, 6.45) is 0.764. The average molecular weight is 343 g/mol. The molecule has 3 rings (SSSR count). The number of benzene rings is 2. The standard InChI is InChI=1S/C20H25NO2S/c1-15-19-8-6-5-7-16(19)13-14-21(15)24(22,23)18-11-9-17(10-12-18)20(2,3)4/h5-12,15H,13-14H2,1-4H3. The molecule has 0 N–H and O–H groups in total. The summed E-state index contributed by atoms with van der Waals surface area (Å²) in [5.41, 5.74) is 3.51. The van der Waals surface area contributed by atoms with Gasteiger partial charge in [-0.25, -0.2) is 8.42 Å². The molecule has 0 radical (unpaired) electrons. The van der Waals surface area contributed by atoms with Gasteiger partial charge in [-0.05, 0) is 47.6 Å². The highest BCUT2D eigenvalue weighted by atomic mass is 32.2. The van der Waals surface area contributed by atoms with Crippen molar-refractivity contribution in [1.82, 2.24) is 4.31 Å². The van der Waals surface area contributed by atoms with Crippen LogP contribution in [0.1, 0.15) is 50.4 Å². The normalized spacial score (nSPS) is 19.1. The quantitative estimate of drug-likeness (QED) is 0.815. The molecule has 0 aromatic heterocycles. The summed E-state index contributed by atoms with van der Waals surface area (Å²) >= 11 is 0. The zero-order chi connectivity index (χ0) is 17.5. The summed E-state index contributed by atoms with van der Waals surface area (Å²) in [6.45, 7) is 8.88. The molecular formula is C20H25NO2S. The van der Waals surface area contributed by atoms with Gasteiger partial charge in [-0.3, -0.25) is 0 Å². The molecule has 1 unspecified atom stereocenters. The molecule has 1 aliphatic rings. The van der Waals surface area contributed by atoms with Crippen LogP contribution in [0.2, 0.25) is 0 Å². The van der Waals surface area contributed by atoms with Gasteiger partial charge in [0, 0.05) is 12.6 Å². The highest BCUT2D eigenvalue weighted by molar-refractivity contribution is 7.89. The van der Waals surface area contributed by atoms with Crippen molar-refractivity contribution < 1.29 is 8.42 Å². The van der Waals surface area contributed by atoms with Crippen LogP contribution in [0.3, 0.4) is 0 Å². The zero-order valence-corrected chi connectivity index (χ0v) is 15.6. The number of nitrogens with zero attached hydrogens (tertiary/aromatic N) is 1. The Morgan fingerprint density at radius 3 is 2.25 bits per heavy atom. The van der Waals surface area contributed by atoms with Crippen LogP contribution >= 0.6 is 0 Å². The summed E-state index contributed by atoms with van der Waals surface area (Å²) in [7, 11) is -3.48. The van der Waals surface area contributed by atoms with E-state index in [1.807, 2.05) is 37.3 Å². The third-order valence-corrected chi connectivity index (χ3v) is 6.85. The number of sulfonamides is 1. The van der Waals surface area contributed by atoms with Gasteiger partial charge in [-0.1, -0.05) is 57.2 Å². The Labute approximate surface area is 145 Å². The second kappa shape index (κ2) is 6.01. The van der Waals surface area contributed by atoms with Crippen molar-refractivity contribution >= 4 is 10.0 Å². The molecule has 0 aliphatic carbocycles. The van der Waals surface area contributed by atoms with Crippen LogP contribution in [-0.4, -0.2) is 19.3 Å². The van der Waals surface area contributed by atoms with Gasteiger partial charge in [0.1, 0.15) is 0 Å². The van der Waals surface area contributed by atoms with Crippen molar-refractivity contribution in [3.8, 4) is 0 Å².